The van der Waals surface area contributed by atoms with E-state index < -0.39 is 18.1 Å². The maximum atomic E-state index is 12.8. The van der Waals surface area contributed by atoms with Crippen molar-refractivity contribution in [2.75, 3.05) is 41.0 Å². The zero-order chi connectivity index (χ0) is 44.2. The van der Waals surface area contributed by atoms with Crippen LogP contribution < -0.4 is 5.11 Å². The number of esters is 2. The van der Waals surface area contributed by atoms with Crippen LogP contribution in [-0.4, -0.2) is 75.5 Å². The number of nitrogens with zero attached hydrogens (tertiary/aromatic N) is 1. The van der Waals surface area contributed by atoms with E-state index in [1.807, 2.05) is 0 Å². The average molecular weight is 848 g/mol. The van der Waals surface area contributed by atoms with E-state index in [4.69, 9.17) is 14.2 Å². The molecule has 0 saturated heterocycles. The number of aliphatic carboxylic acids is 1. The Morgan fingerprint density at radius 1 is 0.500 bits per heavy atom. The number of carbonyl (C=O) groups is 3. The minimum atomic E-state index is -1.12. The maximum absolute atomic E-state index is 12.8. The number of ether oxygens (including phenoxy) is 3. The van der Waals surface area contributed by atoms with Crippen molar-refractivity contribution in [3.63, 3.8) is 0 Å². The highest BCUT2D eigenvalue weighted by Crippen LogP contribution is 2.16. The summed E-state index contributed by atoms with van der Waals surface area (Å²) in [6.07, 6.45) is 49.2. The van der Waals surface area contributed by atoms with Crippen molar-refractivity contribution < 1.29 is 38.2 Å². The predicted octanol–water partition coefficient (Wildman–Crippen LogP) is 13.1. The van der Waals surface area contributed by atoms with Gasteiger partial charge in [0.15, 0.2) is 6.10 Å². The van der Waals surface area contributed by atoms with Gasteiger partial charge in [0.1, 0.15) is 12.6 Å². The molecule has 8 heteroatoms. The molecule has 8 nitrogen and oxygen atoms in total. The highest BCUT2D eigenvalue weighted by atomic mass is 16.6. The van der Waals surface area contributed by atoms with E-state index >= 15 is 0 Å². The third kappa shape index (κ3) is 41.2. The molecule has 352 valence electrons. The van der Waals surface area contributed by atoms with Crippen molar-refractivity contribution in [3.05, 3.63) is 24.3 Å². The molecule has 0 radical (unpaired) electrons. The number of rotatable bonds is 46. The Morgan fingerprint density at radius 2 is 0.883 bits per heavy atom. The number of hydrogen-bond acceptors (Lipinski definition) is 7. The van der Waals surface area contributed by atoms with Crippen LogP contribution in [0.15, 0.2) is 24.3 Å². The fourth-order valence-electron chi connectivity index (χ4n) is 7.63. The van der Waals surface area contributed by atoms with Crippen LogP contribution in [0.5, 0.6) is 0 Å². The lowest BCUT2D eigenvalue weighted by Crippen LogP contribution is -2.55. The van der Waals surface area contributed by atoms with E-state index in [0.29, 0.717) is 12.8 Å². The maximum Gasteiger partial charge on any atom is 0.306 e. The molecule has 0 aliphatic heterocycles. The van der Waals surface area contributed by atoms with Crippen molar-refractivity contribution in [2.24, 2.45) is 0 Å². The van der Waals surface area contributed by atoms with Crippen LogP contribution in [0, 0.1) is 0 Å². The number of unbranched alkanes of at least 4 members (excludes halogenated alkanes) is 28. The number of quaternary nitrogens is 1. The quantitative estimate of drug-likeness (QED) is 0.0260. The van der Waals surface area contributed by atoms with E-state index in [9.17, 15) is 19.5 Å². The van der Waals surface area contributed by atoms with E-state index in [-0.39, 0.29) is 42.7 Å². The van der Waals surface area contributed by atoms with Crippen LogP contribution in [0.25, 0.3) is 0 Å². The second-order valence-electron chi connectivity index (χ2n) is 18.4. The monoisotopic (exact) mass is 848 g/mol. The largest absolute Gasteiger partial charge is 0.544 e. The summed E-state index contributed by atoms with van der Waals surface area (Å²) in [7, 11) is 5.42. The summed E-state index contributed by atoms with van der Waals surface area (Å²) in [5, 5.41) is 11.6. The molecule has 60 heavy (non-hydrogen) atoms. The third-order valence-electron chi connectivity index (χ3n) is 11.6. The van der Waals surface area contributed by atoms with Crippen molar-refractivity contribution >= 4 is 17.9 Å². The van der Waals surface area contributed by atoms with Gasteiger partial charge in [-0.1, -0.05) is 199 Å². The van der Waals surface area contributed by atoms with Crippen LogP contribution >= 0.6 is 0 Å². The molecule has 0 aliphatic rings. The Balaban J connectivity index is 4.23. The zero-order valence-corrected chi connectivity index (χ0v) is 40.1. The molecule has 0 heterocycles. The van der Waals surface area contributed by atoms with Gasteiger partial charge in [0, 0.05) is 19.3 Å². The van der Waals surface area contributed by atoms with E-state index in [0.717, 1.165) is 51.4 Å². The molecule has 0 amide bonds. The molecule has 0 saturated carbocycles. The van der Waals surface area contributed by atoms with Crippen LogP contribution in [0.4, 0.5) is 0 Å². The van der Waals surface area contributed by atoms with Gasteiger partial charge in [-0.2, -0.15) is 0 Å². The van der Waals surface area contributed by atoms with Gasteiger partial charge in [0.25, 0.3) is 0 Å². The highest BCUT2D eigenvalue weighted by molar-refractivity contribution is 5.70. The SMILES string of the molecule is CCCCCCCCCC/C=C/C/C=C/CCCCCCCCCC(=O)OC(COCCC(C(=O)[O-])[N+](C)(C)C)COC(=O)CCCCCCCCCCCCCCCC. The zero-order valence-electron chi connectivity index (χ0n) is 40.1. The summed E-state index contributed by atoms with van der Waals surface area (Å²) in [6, 6.07) is -0.725. The Hall–Kier alpha value is -2.19. The lowest BCUT2D eigenvalue weighted by molar-refractivity contribution is -0.889. The Bertz CT molecular complexity index is 1040. The highest BCUT2D eigenvalue weighted by Gasteiger charge is 2.25. The Labute approximate surface area is 371 Å². The summed E-state index contributed by atoms with van der Waals surface area (Å²) >= 11 is 0. The fourth-order valence-corrected chi connectivity index (χ4v) is 7.63. The van der Waals surface area contributed by atoms with Gasteiger partial charge in [-0.25, -0.2) is 0 Å². The van der Waals surface area contributed by atoms with Crippen LogP contribution in [0.2, 0.25) is 0 Å². The molecule has 0 rings (SSSR count). The summed E-state index contributed by atoms with van der Waals surface area (Å²) in [4.78, 5) is 37.0. The second kappa shape index (κ2) is 43.5. The average Bonchev–Trinajstić information content (AvgIpc) is 3.21. The second-order valence-corrected chi connectivity index (χ2v) is 18.4. The number of likely N-dealkylation sites (N-methyl/N-ethyl adjacent to an activating group) is 1. The van der Waals surface area contributed by atoms with E-state index in [1.54, 1.807) is 21.1 Å². The number of carboxylic acid groups (broad SMARTS) is 1. The van der Waals surface area contributed by atoms with Crippen molar-refractivity contribution in [1.82, 2.24) is 0 Å². The number of allylic oxidation sites excluding steroid dienone is 4. The first-order valence-corrected chi connectivity index (χ1v) is 25.4. The molecule has 2 atom stereocenters. The predicted molar refractivity (Wildman–Crippen MR) is 250 cm³/mol. The van der Waals surface area contributed by atoms with Gasteiger partial charge in [-0.05, 0) is 44.9 Å². The lowest BCUT2D eigenvalue weighted by Gasteiger charge is -2.34. The number of hydrogen-bond donors (Lipinski definition) is 0. The van der Waals surface area contributed by atoms with E-state index in [1.165, 1.54) is 154 Å². The molecule has 0 bridgehead atoms. The number of carbonyl (C=O) groups excluding carboxylic acids is 3. The normalized spacial score (nSPS) is 13.0. The Morgan fingerprint density at radius 3 is 1.28 bits per heavy atom. The van der Waals surface area contributed by atoms with Gasteiger partial charge in [0.05, 0.1) is 40.3 Å². The molecule has 0 fully saturated rings. The van der Waals surface area contributed by atoms with Crippen LogP contribution in [0.3, 0.4) is 0 Å². The lowest BCUT2D eigenvalue weighted by atomic mass is 10.0. The topological polar surface area (TPSA) is 102 Å². The molecule has 0 aliphatic carbocycles. The van der Waals surface area contributed by atoms with Gasteiger partial charge in [0.2, 0.25) is 0 Å². The molecular weight excluding hydrogens is 751 g/mol. The fraction of sp³-hybridized carbons (Fsp3) is 0.865. The van der Waals surface area contributed by atoms with Crippen molar-refractivity contribution in [3.8, 4) is 0 Å². The smallest absolute Gasteiger partial charge is 0.306 e. The van der Waals surface area contributed by atoms with Gasteiger partial charge >= 0.3 is 11.9 Å². The molecule has 0 aromatic heterocycles. The minimum Gasteiger partial charge on any atom is -0.544 e. The van der Waals surface area contributed by atoms with Gasteiger partial charge in [-0.3, -0.25) is 9.59 Å². The first-order valence-electron chi connectivity index (χ1n) is 25.4. The minimum absolute atomic E-state index is 0.0417. The van der Waals surface area contributed by atoms with Crippen molar-refractivity contribution in [1.29, 1.82) is 0 Å². The first kappa shape index (κ1) is 57.8. The first-order chi connectivity index (χ1) is 29.1. The third-order valence-corrected chi connectivity index (χ3v) is 11.6. The summed E-state index contributed by atoms with van der Waals surface area (Å²) in [5.74, 6) is -1.73. The van der Waals surface area contributed by atoms with Crippen LogP contribution in [-0.2, 0) is 28.6 Å². The number of carboxylic acids is 1. The Kier molecular flexibility index (Phi) is 41.9. The molecule has 0 spiro atoms. The molecule has 0 aromatic rings. The standard InChI is InChI=1S/C52H97NO7/c1-6-8-10-12-14-16-18-20-22-23-24-25-26-27-28-29-31-33-35-37-39-41-43-51(55)60-48(46-58-45-44-49(52(56)57)53(3,4)5)47-59-50(54)42-40-38-36-34-32-30-21-19-17-15-13-11-9-7-2/h23-24,26-27,48-49H,6-22,25,28-47H2,1-5H3/b24-23+,27-26+. The van der Waals surface area contributed by atoms with Crippen molar-refractivity contribution in [2.45, 2.75) is 251 Å². The summed E-state index contributed by atoms with van der Waals surface area (Å²) < 4.78 is 17.2. The summed E-state index contributed by atoms with van der Waals surface area (Å²) in [6.45, 7) is 4.68. The molecular formula is C52H97NO7. The van der Waals surface area contributed by atoms with Gasteiger partial charge in [-0.15, -0.1) is 0 Å². The summed E-state index contributed by atoms with van der Waals surface area (Å²) in [5.41, 5.74) is 0. The van der Waals surface area contributed by atoms with E-state index in [2.05, 4.69) is 38.2 Å². The van der Waals surface area contributed by atoms with Gasteiger partial charge < -0.3 is 28.6 Å². The molecule has 0 aromatic carbocycles. The molecule has 0 N–H and O–H groups in total. The molecule has 2 unspecified atom stereocenters. The van der Waals surface area contributed by atoms with Crippen LogP contribution in [0.1, 0.15) is 239 Å².